The van der Waals surface area contributed by atoms with Crippen LogP contribution in [0.2, 0.25) is 0 Å². The molecule has 7 heteroatoms. The van der Waals surface area contributed by atoms with Crippen molar-refractivity contribution in [3.8, 4) is 0 Å². The Bertz CT molecular complexity index is 665. The maximum atomic E-state index is 12.0. The molecule has 1 aromatic carbocycles. The van der Waals surface area contributed by atoms with Crippen LogP contribution < -0.4 is 0 Å². The van der Waals surface area contributed by atoms with Gasteiger partial charge in [-0.15, -0.1) is 4.40 Å². The highest BCUT2D eigenvalue weighted by Crippen LogP contribution is 2.28. The predicted molar refractivity (Wildman–Crippen MR) is 74.0 cm³/mol. The van der Waals surface area contributed by atoms with Crippen LogP contribution in [0.5, 0.6) is 0 Å². The molecular formula is C13H16N2O4S. The van der Waals surface area contributed by atoms with Crippen molar-refractivity contribution in [3.05, 3.63) is 29.8 Å². The fourth-order valence-electron chi connectivity index (χ4n) is 2.00. The van der Waals surface area contributed by atoms with Crippen LogP contribution in [0.4, 0.5) is 0 Å². The van der Waals surface area contributed by atoms with Gasteiger partial charge in [0.1, 0.15) is 11.4 Å². The monoisotopic (exact) mass is 296 g/mol. The number of hydrogen-bond donors (Lipinski definition) is 0. The molecule has 6 nitrogen and oxygen atoms in total. The van der Waals surface area contributed by atoms with Crippen molar-refractivity contribution in [3.63, 3.8) is 0 Å². The number of nitrogens with zero attached hydrogens (tertiary/aromatic N) is 2. The van der Waals surface area contributed by atoms with E-state index in [1.807, 2.05) is 13.8 Å². The Morgan fingerprint density at radius 3 is 2.60 bits per heavy atom. The van der Waals surface area contributed by atoms with Crippen molar-refractivity contribution in [1.82, 2.24) is 4.90 Å². The van der Waals surface area contributed by atoms with Crippen LogP contribution in [-0.2, 0) is 19.6 Å². The number of benzene rings is 1. The van der Waals surface area contributed by atoms with Crippen LogP contribution in [-0.4, -0.2) is 44.8 Å². The molecule has 0 unspecified atom stereocenters. The lowest BCUT2D eigenvalue weighted by atomic mass is 10.1. The van der Waals surface area contributed by atoms with Gasteiger partial charge in [-0.2, -0.15) is 8.42 Å². The number of methoxy groups -OCH3 is 1. The fraction of sp³-hybridized carbons (Fsp3) is 0.385. The zero-order chi connectivity index (χ0) is 14.9. The van der Waals surface area contributed by atoms with E-state index in [1.165, 1.54) is 13.2 Å². The summed E-state index contributed by atoms with van der Waals surface area (Å²) in [6.45, 7) is 3.68. The van der Waals surface area contributed by atoms with E-state index in [4.69, 9.17) is 0 Å². The second kappa shape index (κ2) is 5.24. The SMILES string of the molecule is COC(=O)CN(C1=NS(=O)(=O)c2ccccc21)C(C)C. The Labute approximate surface area is 118 Å². The predicted octanol–water partition coefficient (Wildman–Crippen LogP) is 1.02. The molecule has 1 heterocycles. The molecule has 0 fully saturated rings. The van der Waals surface area contributed by atoms with Crippen molar-refractivity contribution in [2.24, 2.45) is 4.40 Å². The van der Waals surface area contributed by atoms with Crippen molar-refractivity contribution in [2.45, 2.75) is 24.8 Å². The van der Waals surface area contributed by atoms with Gasteiger partial charge in [-0.25, -0.2) is 0 Å². The normalized spacial score (nSPS) is 15.7. The molecule has 20 heavy (non-hydrogen) atoms. The average Bonchev–Trinajstić information content (AvgIpc) is 2.68. The summed E-state index contributed by atoms with van der Waals surface area (Å²) < 4.78 is 32.5. The van der Waals surface area contributed by atoms with Crippen molar-refractivity contribution in [2.75, 3.05) is 13.7 Å². The number of carbonyl (C=O) groups excluding carboxylic acids is 1. The zero-order valence-corrected chi connectivity index (χ0v) is 12.3. The van der Waals surface area contributed by atoms with Crippen molar-refractivity contribution >= 4 is 21.8 Å². The molecule has 0 saturated carbocycles. The van der Waals surface area contributed by atoms with Gasteiger partial charge in [0, 0.05) is 11.6 Å². The zero-order valence-electron chi connectivity index (χ0n) is 11.5. The molecule has 0 N–H and O–H groups in total. The van der Waals surface area contributed by atoms with Gasteiger partial charge in [0.15, 0.2) is 5.84 Å². The third kappa shape index (κ3) is 2.53. The molecule has 108 valence electrons. The average molecular weight is 296 g/mol. The van der Waals surface area contributed by atoms with Gasteiger partial charge in [0.05, 0.1) is 7.11 Å². The number of amidine groups is 1. The number of esters is 1. The summed E-state index contributed by atoms with van der Waals surface area (Å²) in [5.74, 6) is -0.149. The highest BCUT2D eigenvalue weighted by atomic mass is 32.2. The number of sulfonamides is 1. The van der Waals surface area contributed by atoms with Crippen LogP contribution in [0.3, 0.4) is 0 Å². The third-order valence-corrected chi connectivity index (χ3v) is 4.36. The summed E-state index contributed by atoms with van der Waals surface area (Å²) in [5.41, 5.74) is 0.519. The van der Waals surface area contributed by atoms with E-state index in [0.717, 1.165) is 0 Å². The first-order valence-electron chi connectivity index (χ1n) is 6.14. The summed E-state index contributed by atoms with van der Waals surface area (Å²) in [4.78, 5) is 13.3. The summed E-state index contributed by atoms with van der Waals surface area (Å²) >= 11 is 0. The van der Waals surface area contributed by atoms with E-state index in [1.54, 1.807) is 23.1 Å². The lowest BCUT2D eigenvalue weighted by Crippen LogP contribution is -2.41. The molecule has 0 amide bonds. The first-order chi connectivity index (χ1) is 9.36. The molecule has 1 aliphatic rings. The quantitative estimate of drug-likeness (QED) is 0.778. The van der Waals surface area contributed by atoms with Crippen molar-refractivity contribution < 1.29 is 17.9 Å². The standard InChI is InChI=1S/C13H16N2O4S/c1-9(2)15(8-12(16)19-3)13-10-6-4-5-7-11(10)20(17,18)14-13/h4-7,9H,8H2,1-3H3. The van der Waals surface area contributed by atoms with Gasteiger partial charge >= 0.3 is 5.97 Å². The number of fused-ring (bicyclic) bond motifs is 1. The summed E-state index contributed by atoms with van der Waals surface area (Å²) in [6, 6.07) is 6.50. The number of hydrogen-bond acceptors (Lipinski definition) is 5. The van der Waals surface area contributed by atoms with E-state index in [-0.39, 0.29) is 17.5 Å². The molecule has 0 radical (unpaired) electrons. The Morgan fingerprint density at radius 2 is 2.00 bits per heavy atom. The van der Waals surface area contributed by atoms with Crippen LogP contribution in [0.25, 0.3) is 0 Å². The minimum atomic E-state index is -3.68. The van der Waals surface area contributed by atoms with Crippen LogP contribution >= 0.6 is 0 Å². The Balaban J connectivity index is 2.48. The van der Waals surface area contributed by atoms with Gasteiger partial charge in [-0.05, 0) is 26.0 Å². The first-order valence-corrected chi connectivity index (χ1v) is 7.58. The van der Waals surface area contributed by atoms with Gasteiger partial charge in [-0.3, -0.25) is 4.79 Å². The topological polar surface area (TPSA) is 76.0 Å². The Hall–Kier alpha value is -1.89. The molecule has 1 aromatic rings. The molecule has 0 aromatic heterocycles. The summed E-state index contributed by atoms with van der Waals surface area (Å²) in [5, 5.41) is 0. The summed E-state index contributed by atoms with van der Waals surface area (Å²) in [7, 11) is -2.39. The van der Waals surface area contributed by atoms with E-state index in [2.05, 4.69) is 9.13 Å². The number of rotatable bonds is 3. The minimum absolute atomic E-state index is 0.0448. The van der Waals surface area contributed by atoms with E-state index < -0.39 is 16.0 Å². The lowest BCUT2D eigenvalue weighted by molar-refractivity contribution is -0.141. The second-order valence-electron chi connectivity index (χ2n) is 4.68. The second-order valence-corrected chi connectivity index (χ2v) is 6.26. The van der Waals surface area contributed by atoms with Crippen LogP contribution in [0, 0.1) is 0 Å². The Kier molecular flexibility index (Phi) is 3.80. The molecule has 0 saturated heterocycles. The van der Waals surface area contributed by atoms with E-state index in [9.17, 15) is 13.2 Å². The molecule has 1 aliphatic heterocycles. The van der Waals surface area contributed by atoms with Gasteiger partial charge < -0.3 is 9.64 Å². The Morgan fingerprint density at radius 1 is 1.35 bits per heavy atom. The lowest BCUT2D eigenvalue weighted by Gasteiger charge is -2.27. The number of carbonyl (C=O) groups is 1. The maximum Gasteiger partial charge on any atom is 0.325 e. The third-order valence-electron chi connectivity index (χ3n) is 3.04. The van der Waals surface area contributed by atoms with Crippen LogP contribution in [0.15, 0.2) is 33.6 Å². The summed E-state index contributed by atoms with van der Waals surface area (Å²) in [6.07, 6.45) is 0. The molecule has 0 aliphatic carbocycles. The van der Waals surface area contributed by atoms with Crippen molar-refractivity contribution in [1.29, 1.82) is 0 Å². The molecule has 2 rings (SSSR count). The molecule has 0 atom stereocenters. The number of ether oxygens (including phenoxy) is 1. The highest BCUT2D eigenvalue weighted by Gasteiger charge is 2.33. The molecular weight excluding hydrogens is 280 g/mol. The van der Waals surface area contributed by atoms with Crippen LogP contribution in [0.1, 0.15) is 19.4 Å². The van der Waals surface area contributed by atoms with Gasteiger partial charge in [-0.1, -0.05) is 12.1 Å². The fourth-order valence-corrected chi connectivity index (χ4v) is 3.22. The first kappa shape index (κ1) is 14.5. The van der Waals surface area contributed by atoms with E-state index >= 15 is 0 Å². The van der Waals surface area contributed by atoms with E-state index in [0.29, 0.717) is 11.4 Å². The maximum absolute atomic E-state index is 12.0. The molecule has 0 bridgehead atoms. The van der Waals surface area contributed by atoms with Gasteiger partial charge in [0.25, 0.3) is 10.0 Å². The van der Waals surface area contributed by atoms with Gasteiger partial charge in [0.2, 0.25) is 0 Å². The largest absolute Gasteiger partial charge is 0.468 e. The smallest absolute Gasteiger partial charge is 0.325 e. The minimum Gasteiger partial charge on any atom is -0.468 e. The molecule has 0 spiro atoms. The highest BCUT2D eigenvalue weighted by molar-refractivity contribution is 7.90.